The van der Waals surface area contributed by atoms with Crippen molar-refractivity contribution >= 4 is 31.5 Å². The number of amides is 1. The van der Waals surface area contributed by atoms with E-state index in [4.69, 9.17) is 14.2 Å². The summed E-state index contributed by atoms with van der Waals surface area (Å²) in [5, 5.41) is 21.2. The van der Waals surface area contributed by atoms with Crippen LogP contribution in [0, 0.1) is 11.8 Å². The molecule has 12 nitrogen and oxygen atoms in total. The Balaban J connectivity index is 0.00000129. The number of nitrogens with zero attached hydrogens (tertiary/aromatic N) is 6. The number of hydrogen-bond donors (Lipinski definition) is 3. The van der Waals surface area contributed by atoms with Crippen LogP contribution in [0.1, 0.15) is 68.7 Å². The van der Waals surface area contributed by atoms with E-state index in [2.05, 4.69) is 25.5 Å². The van der Waals surface area contributed by atoms with Crippen molar-refractivity contribution in [2.24, 2.45) is 0 Å². The molecule has 42 heavy (non-hydrogen) atoms. The van der Waals surface area contributed by atoms with Gasteiger partial charge >= 0.3 is 8.60 Å². The number of hydrogen-bond acceptors (Lipinski definition) is 10. The monoisotopic (exact) mass is 623 g/mol. The minimum absolute atomic E-state index is 0.0524. The number of rotatable bonds is 9. The van der Waals surface area contributed by atoms with E-state index < -0.39 is 32.5 Å². The van der Waals surface area contributed by atoms with E-state index in [-0.39, 0.29) is 35.4 Å². The summed E-state index contributed by atoms with van der Waals surface area (Å²) >= 11 is 1.24. The topological polar surface area (TPSA) is 149 Å². The van der Waals surface area contributed by atoms with Crippen LogP contribution in [0.3, 0.4) is 0 Å². The summed E-state index contributed by atoms with van der Waals surface area (Å²) in [5.41, 5.74) is 0.772. The maximum absolute atomic E-state index is 14.6. The highest BCUT2D eigenvalue weighted by Gasteiger charge is 2.24. The van der Waals surface area contributed by atoms with Crippen LogP contribution < -0.4 is 5.32 Å². The molecule has 3 N–H and O–H groups in total. The third-order valence-electron chi connectivity index (χ3n) is 6.32. The molecule has 4 aromatic heterocycles. The molecular weight excluding hydrogens is 591 g/mol. The van der Waals surface area contributed by atoms with Gasteiger partial charge in [0.05, 0.1) is 17.9 Å². The first kappa shape index (κ1) is 31.7. The summed E-state index contributed by atoms with van der Waals surface area (Å²) in [4.78, 5) is 30.9. The summed E-state index contributed by atoms with van der Waals surface area (Å²) in [6.45, 7) is 3.63. The number of carbonyl (C=O) groups excluding carboxylic acids is 1. The summed E-state index contributed by atoms with van der Waals surface area (Å²) in [6, 6.07) is 2.01. The fourth-order valence-corrected chi connectivity index (χ4v) is 5.56. The lowest BCUT2D eigenvalue weighted by Gasteiger charge is -2.21. The van der Waals surface area contributed by atoms with Crippen molar-refractivity contribution in [3.05, 3.63) is 53.6 Å². The standard InChI is InChI=1S/C24H26F2N7O4PS.C2H6O/c1-14(37-38(35)36-2)32-11-15(10-27-32)24-29-19(13-39-24)23(34)28-18-12-33(16-6-4-3-5-7-16)31-22(18)21-17(25)8-9-20(26)30-21;1-2-3/h8-14,16,35H,3-7H2,1-2H3,(H,28,34);3H,2H2,1H3. The summed E-state index contributed by atoms with van der Waals surface area (Å²) in [6.07, 6.45) is 9.35. The molecule has 1 saturated carbocycles. The minimum Gasteiger partial charge on any atom is -0.397 e. The van der Waals surface area contributed by atoms with Crippen molar-refractivity contribution < 1.29 is 32.6 Å². The molecule has 1 amide bonds. The molecule has 226 valence electrons. The number of thiazole rings is 1. The van der Waals surface area contributed by atoms with Gasteiger partial charge in [0.15, 0.2) is 12.0 Å². The van der Waals surface area contributed by atoms with Gasteiger partial charge < -0.3 is 19.8 Å². The second kappa shape index (κ2) is 14.8. The van der Waals surface area contributed by atoms with E-state index in [1.807, 2.05) is 0 Å². The normalized spacial score (nSPS) is 15.1. The van der Waals surface area contributed by atoms with E-state index in [1.54, 1.807) is 42.5 Å². The fourth-order valence-electron chi connectivity index (χ4n) is 4.34. The Morgan fingerprint density at radius 1 is 1.21 bits per heavy atom. The van der Waals surface area contributed by atoms with Crippen LogP contribution in [-0.4, -0.2) is 59.2 Å². The first-order valence-electron chi connectivity index (χ1n) is 13.3. The molecule has 4 heterocycles. The number of pyridine rings is 1. The Morgan fingerprint density at radius 3 is 2.67 bits per heavy atom. The third-order valence-corrected chi connectivity index (χ3v) is 8.01. The van der Waals surface area contributed by atoms with Crippen LogP contribution >= 0.6 is 19.9 Å². The smallest absolute Gasteiger partial charge is 0.331 e. The second-order valence-electron chi connectivity index (χ2n) is 9.27. The summed E-state index contributed by atoms with van der Waals surface area (Å²) in [7, 11) is -0.687. The Morgan fingerprint density at radius 2 is 1.95 bits per heavy atom. The molecule has 4 aromatic rings. The Labute approximate surface area is 246 Å². The fraction of sp³-hybridized carbons (Fsp3) is 0.423. The number of halogens is 2. The molecule has 2 atom stereocenters. The van der Waals surface area contributed by atoms with Crippen LogP contribution in [0.2, 0.25) is 0 Å². The highest BCUT2D eigenvalue weighted by Crippen LogP contribution is 2.37. The van der Waals surface area contributed by atoms with Gasteiger partial charge in [-0.05, 0) is 38.8 Å². The zero-order chi connectivity index (χ0) is 30.2. The van der Waals surface area contributed by atoms with Crippen LogP contribution in [0.5, 0.6) is 0 Å². The van der Waals surface area contributed by atoms with Crippen molar-refractivity contribution in [2.75, 3.05) is 19.0 Å². The SMILES string of the molecule is CCO.COP(O)OC(C)n1cc(-c2nc(C(=O)Nc3cn(C4CCCCC4)nc3-c3nc(F)ccc3F)cs2)cn1. The minimum atomic E-state index is -2.02. The van der Waals surface area contributed by atoms with Crippen LogP contribution in [0.15, 0.2) is 36.1 Å². The van der Waals surface area contributed by atoms with Crippen molar-refractivity contribution in [2.45, 2.75) is 58.2 Å². The first-order chi connectivity index (χ1) is 20.2. The maximum Gasteiger partial charge on any atom is 0.331 e. The van der Waals surface area contributed by atoms with Crippen LogP contribution in [0.4, 0.5) is 14.5 Å². The lowest BCUT2D eigenvalue weighted by molar-refractivity contribution is 0.102. The lowest BCUT2D eigenvalue weighted by Crippen LogP contribution is -2.14. The molecule has 1 aliphatic rings. The van der Waals surface area contributed by atoms with Gasteiger partial charge in [-0.2, -0.15) is 14.6 Å². The van der Waals surface area contributed by atoms with Crippen molar-refractivity contribution in [3.8, 4) is 22.0 Å². The predicted octanol–water partition coefficient (Wildman–Crippen LogP) is 5.70. The van der Waals surface area contributed by atoms with Gasteiger partial charge in [-0.3, -0.25) is 14.0 Å². The number of carbonyl (C=O) groups is 1. The molecule has 1 aliphatic carbocycles. The predicted molar refractivity (Wildman–Crippen MR) is 153 cm³/mol. The molecule has 0 radical (unpaired) electrons. The number of aliphatic hydroxyl groups is 1. The Bertz CT molecular complexity index is 1480. The molecule has 0 bridgehead atoms. The van der Waals surface area contributed by atoms with E-state index in [1.165, 1.54) is 23.1 Å². The average molecular weight is 624 g/mol. The van der Waals surface area contributed by atoms with Gasteiger partial charge in [0.1, 0.15) is 22.1 Å². The second-order valence-corrected chi connectivity index (χ2v) is 11.2. The van der Waals surface area contributed by atoms with Gasteiger partial charge in [-0.25, -0.2) is 19.0 Å². The van der Waals surface area contributed by atoms with Gasteiger partial charge in [0, 0.05) is 37.1 Å². The number of nitrogens with one attached hydrogen (secondary N) is 1. The molecule has 0 aromatic carbocycles. The maximum atomic E-state index is 14.6. The third kappa shape index (κ3) is 7.79. The van der Waals surface area contributed by atoms with Crippen molar-refractivity contribution in [1.82, 2.24) is 29.5 Å². The molecule has 0 spiro atoms. The van der Waals surface area contributed by atoms with Crippen molar-refractivity contribution in [3.63, 3.8) is 0 Å². The van der Waals surface area contributed by atoms with Gasteiger partial charge in [-0.1, -0.05) is 19.3 Å². The van der Waals surface area contributed by atoms with Gasteiger partial charge in [0.25, 0.3) is 5.91 Å². The molecule has 16 heteroatoms. The molecular formula is C26H32F2N7O5PS. The molecule has 0 aliphatic heterocycles. The van der Waals surface area contributed by atoms with Crippen LogP contribution in [-0.2, 0) is 9.05 Å². The average Bonchev–Trinajstić information content (AvgIpc) is 3.75. The number of anilines is 1. The van der Waals surface area contributed by atoms with Gasteiger partial charge in [-0.15, -0.1) is 11.3 Å². The quantitative estimate of drug-likeness (QED) is 0.158. The van der Waals surface area contributed by atoms with Crippen LogP contribution in [0.25, 0.3) is 22.0 Å². The van der Waals surface area contributed by atoms with E-state index >= 15 is 0 Å². The Kier molecular flexibility index (Phi) is 11.2. The van der Waals surface area contributed by atoms with E-state index in [0.29, 0.717) is 10.6 Å². The molecule has 0 saturated heterocycles. The Hall–Kier alpha value is -3.20. The number of aromatic nitrogens is 6. The highest BCUT2D eigenvalue weighted by atomic mass is 32.1. The summed E-state index contributed by atoms with van der Waals surface area (Å²) < 4.78 is 41.8. The van der Waals surface area contributed by atoms with Crippen molar-refractivity contribution in [1.29, 1.82) is 0 Å². The first-order valence-corrected chi connectivity index (χ1v) is 15.3. The molecule has 1 fully saturated rings. The number of aliphatic hydroxyl groups excluding tert-OH is 1. The van der Waals surface area contributed by atoms with E-state index in [9.17, 15) is 18.5 Å². The van der Waals surface area contributed by atoms with E-state index in [0.717, 1.165) is 44.2 Å². The lowest BCUT2D eigenvalue weighted by atomic mass is 9.96. The summed E-state index contributed by atoms with van der Waals surface area (Å²) in [5.74, 6) is -2.13. The zero-order valence-corrected chi connectivity index (χ0v) is 25.0. The highest BCUT2D eigenvalue weighted by molar-refractivity contribution is 7.40. The molecule has 2 unspecified atom stereocenters. The largest absolute Gasteiger partial charge is 0.397 e. The molecule has 5 rings (SSSR count). The zero-order valence-electron chi connectivity index (χ0n) is 23.3. The van der Waals surface area contributed by atoms with Gasteiger partial charge in [0.2, 0.25) is 5.95 Å².